The second-order valence-electron chi connectivity index (χ2n) is 9.11. The second-order valence-corrected chi connectivity index (χ2v) is 12.0. The fraction of sp³-hybridized carbons (Fsp3) is 0.481. The van der Waals surface area contributed by atoms with Crippen LogP contribution in [0.5, 0.6) is 17.2 Å². The maximum absolute atomic E-state index is 14.2. The highest BCUT2D eigenvalue weighted by atomic mass is 32.2. The molecule has 1 unspecified atom stereocenters. The average molecular weight is 577 g/mol. The van der Waals surface area contributed by atoms with Crippen molar-refractivity contribution in [2.75, 3.05) is 59.0 Å². The van der Waals surface area contributed by atoms with Crippen LogP contribution in [0.15, 0.2) is 41.3 Å². The summed E-state index contributed by atoms with van der Waals surface area (Å²) in [6.07, 6.45) is 1.03. The van der Waals surface area contributed by atoms with Crippen molar-refractivity contribution in [2.45, 2.75) is 37.6 Å². The number of methoxy groups -OCH3 is 3. The minimum absolute atomic E-state index is 0.132. The van der Waals surface area contributed by atoms with Gasteiger partial charge in [0.1, 0.15) is 33.5 Å². The topological polar surface area (TPSA) is 102 Å². The highest BCUT2D eigenvalue weighted by Crippen LogP contribution is 2.41. The largest absolute Gasteiger partial charge is 0.497 e. The van der Waals surface area contributed by atoms with Crippen molar-refractivity contribution >= 4 is 42.6 Å². The molecule has 1 amide bonds. The molecule has 3 aromatic rings. The lowest BCUT2D eigenvalue weighted by Crippen LogP contribution is -2.49. The molecule has 10 nitrogen and oxygen atoms in total. The Hall–Kier alpha value is -2.93. The minimum atomic E-state index is -3.90. The lowest BCUT2D eigenvalue weighted by atomic mass is 10.2. The molecule has 1 atom stereocenters. The first-order chi connectivity index (χ1) is 18.8. The van der Waals surface area contributed by atoms with Crippen molar-refractivity contribution in [1.29, 1.82) is 0 Å². The van der Waals surface area contributed by atoms with Gasteiger partial charge >= 0.3 is 0 Å². The van der Waals surface area contributed by atoms with Crippen molar-refractivity contribution in [1.82, 2.24) is 14.2 Å². The number of ether oxygens (including phenoxy) is 3. The number of likely N-dealkylation sites (N-methyl/N-ethyl adjacent to an activating group) is 1. The van der Waals surface area contributed by atoms with E-state index in [1.54, 1.807) is 37.3 Å². The van der Waals surface area contributed by atoms with Crippen LogP contribution >= 0.6 is 11.3 Å². The molecule has 39 heavy (non-hydrogen) atoms. The minimum Gasteiger partial charge on any atom is -0.497 e. The maximum atomic E-state index is 14.2. The smallest absolute Gasteiger partial charge is 0.247 e. The number of carbonyl (C=O) groups excluding carboxylic acids is 1. The van der Waals surface area contributed by atoms with E-state index in [-0.39, 0.29) is 17.3 Å². The zero-order valence-electron chi connectivity index (χ0n) is 23.0. The van der Waals surface area contributed by atoms with E-state index >= 15 is 0 Å². The summed E-state index contributed by atoms with van der Waals surface area (Å²) in [4.78, 5) is 23.0. The van der Waals surface area contributed by atoms with Gasteiger partial charge in [0, 0.05) is 19.6 Å². The molecule has 212 valence electrons. The summed E-state index contributed by atoms with van der Waals surface area (Å²) in [5.74, 6) is 1.49. The number of rotatable bonds is 12. The standard InChI is InChI=1S/C27H36N4O6S2/c1-6-29(7-2)17-18-30(27-28-24-22(36-4)14-15-23(37-5)25(24)38-27)26(32)21-9-8-16-31(21)39(33,34)20-12-10-19(35-3)11-13-20/h10-15,21H,6-9,16-18H2,1-5H3. The lowest BCUT2D eigenvalue weighted by Gasteiger charge is -2.30. The molecule has 1 aliphatic rings. The van der Waals surface area contributed by atoms with Gasteiger partial charge in [-0.15, -0.1) is 0 Å². The Morgan fingerprint density at radius 1 is 1.00 bits per heavy atom. The van der Waals surface area contributed by atoms with Crippen LogP contribution in [-0.2, 0) is 14.8 Å². The Bertz CT molecular complexity index is 1350. The molecule has 4 rings (SSSR count). The summed E-state index contributed by atoms with van der Waals surface area (Å²) in [5, 5.41) is 0.485. The number of hydrogen-bond acceptors (Lipinski definition) is 9. The van der Waals surface area contributed by atoms with E-state index in [0.29, 0.717) is 53.8 Å². The van der Waals surface area contributed by atoms with Gasteiger partial charge in [0.25, 0.3) is 0 Å². The number of carbonyl (C=O) groups is 1. The number of hydrogen-bond donors (Lipinski definition) is 0. The third-order valence-corrected chi connectivity index (χ3v) is 10.1. The first-order valence-corrected chi connectivity index (χ1v) is 15.3. The first-order valence-electron chi connectivity index (χ1n) is 13.0. The van der Waals surface area contributed by atoms with Gasteiger partial charge in [-0.3, -0.25) is 9.69 Å². The van der Waals surface area contributed by atoms with Crippen LogP contribution in [0.3, 0.4) is 0 Å². The van der Waals surface area contributed by atoms with Crippen LogP contribution in [0.4, 0.5) is 5.13 Å². The van der Waals surface area contributed by atoms with Gasteiger partial charge in [-0.05, 0) is 62.3 Å². The van der Waals surface area contributed by atoms with E-state index in [4.69, 9.17) is 19.2 Å². The van der Waals surface area contributed by atoms with Crippen molar-refractivity contribution in [3.63, 3.8) is 0 Å². The molecular formula is C27H36N4O6S2. The number of thiazole rings is 1. The Morgan fingerprint density at radius 3 is 2.28 bits per heavy atom. The molecule has 1 aliphatic heterocycles. The molecule has 0 N–H and O–H groups in total. The van der Waals surface area contributed by atoms with Gasteiger partial charge in [-0.1, -0.05) is 25.2 Å². The van der Waals surface area contributed by atoms with E-state index in [0.717, 1.165) is 17.8 Å². The predicted molar refractivity (Wildman–Crippen MR) is 153 cm³/mol. The first kappa shape index (κ1) is 29.1. The number of fused-ring (bicyclic) bond motifs is 1. The fourth-order valence-electron chi connectivity index (χ4n) is 4.81. The van der Waals surface area contributed by atoms with E-state index in [1.165, 1.54) is 34.9 Å². The quantitative estimate of drug-likeness (QED) is 0.321. The van der Waals surface area contributed by atoms with Crippen LogP contribution in [0, 0.1) is 0 Å². The van der Waals surface area contributed by atoms with Crippen molar-refractivity contribution in [2.24, 2.45) is 0 Å². The zero-order chi connectivity index (χ0) is 28.2. The van der Waals surface area contributed by atoms with Crippen LogP contribution < -0.4 is 19.1 Å². The van der Waals surface area contributed by atoms with Gasteiger partial charge in [-0.25, -0.2) is 13.4 Å². The highest BCUT2D eigenvalue weighted by Gasteiger charge is 2.42. The van der Waals surface area contributed by atoms with Crippen LogP contribution in [-0.4, -0.2) is 88.6 Å². The Balaban J connectivity index is 1.72. The molecule has 2 aromatic carbocycles. The molecule has 1 aromatic heterocycles. The van der Waals surface area contributed by atoms with Crippen molar-refractivity contribution in [3.8, 4) is 17.2 Å². The summed E-state index contributed by atoms with van der Waals surface area (Å²) in [5.41, 5.74) is 0.603. The van der Waals surface area contributed by atoms with E-state index in [9.17, 15) is 13.2 Å². The van der Waals surface area contributed by atoms with Crippen molar-refractivity contribution < 1.29 is 27.4 Å². The van der Waals surface area contributed by atoms with Crippen LogP contribution in [0.2, 0.25) is 0 Å². The Labute approximate surface area is 234 Å². The molecule has 2 heterocycles. The van der Waals surface area contributed by atoms with E-state index < -0.39 is 16.1 Å². The van der Waals surface area contributed by atoms with Gasteiger partial charge in [0.05, 0.1) is 26.2 Å². The predicted octanol–water partition coefficient (Wildman–Crippen LogP) is 3.85. The van der Waals surface area contributed by atoms with Gasteiger partial charge in [0.15, 0.2) is 5.13 Å². The maximum Gasteiger partial charge on any atom is 0.247 e. The third-order valence-electron chi connectivity index (χ3n) is 7.08. The third kappa shape index (κ3) is 5.84. The summed E-state index contributed by atoms with van der Waals surface area (Å²) < 4.78 is 45.6. The summed E-state index contributed by atoms with van der Waals surface area (Å²) in [6.45, 7) is 7.09. The monoisotopic (exact) mass is 576 g/mol. The molecule has 0 radical (unpaired) electrons. The number of nitrogens with zero attached hydrogens (tertiary/aromatic N) is 4. The number of anilines is 1. The highest BCUT2D eigenvalue weighted by molar-refractivity contribution is 7.89. The normalized spacial score (nSPS) is 16.1. The Kier molecular flexibility index (Phi) is 9.31. The summed E-state index contributed by atoms with van der Waals surface area (Å²) in [6, 6.07) is 9.01. The molecule has 1 saturated heterocycles. The fourth-order valence-corrected chi connectivity index (χ4v) is 7.57. The molecular weight excluding hydrogens is 540 g/mol. The van der Waals surface area contributed by atoms with E-state index in [1.807, 2.05) is 6.07 Å². The molecule has 0 spiro atoms. The number of aromatic nitrogens is 1. The van der Waals surface area contributed by atoms with Crippen LogP contribution in [0.25, 0.3) is 10.2 Å². The van der Waals surface area contributed by atoms with Gasteiger partial charge in [-0.2, -0.15) is 4.31 Å². The molecule has 12 heteroatoms. The summed E-state index contributed by atoms with van der Waals surface area (Å²) >= 11 is 1.34. The summed E-state index contributed by atoms with van der Waals surface area (Å²) in [7, 11) is 0.790. The molecule has 1 fully saturated rings. The zero-order valence-corrected chi connectivity index (χ0v) is 24.7. The molecule has 0 saturated carbocycles. The Morgan fingerprint density at radius 2 is 1.67 bits per heavy atom. The second kappa shape index (κ2) is 12.5. The molecule has 0 bridgehead atoms. The van der Waals surface area contributed by atoms with Gasteiger partial charge in [0.2, 0.25) is 15.9 Å². The number of benzene rings is 2. The van der Waals surface area contributed by atoms with Crippen LogP contribution in [0.1, 0.15) is 26.7 Å². The number of sulfonamides is 1. The SMILES string of the molecule is CCN(CC)CCN(C(=O)C1CCCN1S(=O)(=O)c1ccc(OC)cc1)c1nc2c(OC)ccc(OC)c2s1. The number of amides is 1. The average Bonchev–Trinajstić information content (AvgIpc) is 3.63. The molecule has 0 aliphatic carbocycles. The van der Waals surface area contributed by atoms with E-state index in [2.05, 4.69) is 18.7 Å². The lowest BCUT2D eigenvalue weighted by molar-refractivity contribution is -0.121. The van der Waals surface area contributed by atoms with Gasteiger partial charge < -0.3 is 19.1 Å². The van der Waals surface area contributed by atoms with Crippen molar-refractivity contribution in [3.05, 3.63) is 36.4 Å².